The number of carbonyl (C=O) groups is 1. The predicted octanol–water partition coefficient (Wildman–Crippen LogP) is 1.68. The molecule has 1 saturated heterocycles. The van der Waals surface area contributed by atoms with Crippen LogP contribution < -0.4 is 11.1 Å². The molecule has 2 heterocycles. The molecule has 0 spiro atoms. The number of hydrogen-bond acceptors (Lipinski definition) is 6. The fourth-order valence-electron chi connectivity index (χ4n) is 2.10. The first kappa shape index (κ1) is 14.6. The van der Waals surface area contributed by atoms with Crippen molar-refractivity contribution in [1.29, 1.82) is 0 Å². The van der Waals surface area contributed by atoms with Crippen molar-refractivity contribution in [2.45, 2.75) is 26.8 Å². The molecule has 1 fully saturated rings. The SMILES string of the molecule is CCOC(=O)c1cc(N[C@@H]2COCC2(C)C)c(N)cn1. The zero-order valence-corrected chi connectivity index (χ0v) is 12.1. The summed E-state index contributed by atoms with van der Waals surface area (Å²) in [7, 11) is 0. The third kappa shape index (κ3) is 3.01. The first-order valence-electron chi connectivity index (χ1n) is 6.71. The van der Waals surface area contributed by atoms with E-state index in [0.717, 1.165) is 0 Å². The number of carbonyl (C=O) groups excluding carboxylic acids is 1. The average molecular weight is 279 g/mol. The molecule has 0 amide bonds. The minimum Gasteiger partial charge on any atom is -0.461 e. The number of rotatable bonds is 4. The molecule has 1 atom stereocenters. The molecule has 0 bridgehead atoms. The van der Waals surface area contributed by atoms with Gasteiger partial charge in [-0.3, -0.25) is 0 Å². The van der Waals surface area contributed by atoms with E-state index in [1.54, 1.807) is 13.0 Å². The highest BCUT2D eigenvalue weighted by Gasteiger charge is 2.36. The smallest absolute Gasteiger partial charge is 0.356 e. The van der Waals surface area contributed by atoms with Crippen LogP contribution in [0, 0.1) is 5.41 Å². The number of esters is 1. The summed E-state index contributed by atoms with van der Waals surface area (Å²) in [4.78, 5) is 15.7. The van der Waals surface area contributed by atoms with Crippen LogP contribution >= 0.6 is 0 Å². The van der Waals surface area contributed by atoms with E-state index in [-0.39, 0.29) is 17.2 Å². The lowest BCUT2D eigenvalue weighted by molar-refractivity contribution is 0.0519. The van der Waals surface area contributed by atoms with Gasteiger partial charge in [-0.1, -0.05) is 13.8 Å². The summed E-state index contributed by atoms with van der Waals surface area (Å²) in [5.41, 5.74) is 7.36. The Morgan fingerprint density at radius 1 is 1.65 bits per heavy atom. The maximum Gasteiger partial charge on any atom is 0.356 e. The van der Waals surface area contributed by atoms with Crippen molar-refractivity contribution < 1.29 is 14.3 Å². The second-order valence-electron chi connectivity index (χ2n) is 5.58. The number of anilines is 2. The maximum atomic E-state index is 11.7. The molecule has 2 rings (SSSR count). The van der Waals surface area contributed by atoms with Crippen LogP contribution in [0.2, 0.25) is 0 Å². The van der Waals surface area contributed by atoms with E-state index in [1.807, 2.05) is 0 Å². The molecule has 0 radical (unpaired) electrons. The van der Waals surface area contributed by atoms with Gasteiger partial charge in [-0.15, -0.1) is 0 Å². The second kappa shape index (κ2) is 5.66. The average Bonchev–Trinajstić information content (AvgIpc) is 2.71. The Balaban J connectivity index is 2.19. The lowest BCUT2D eigenvalue weighted by Gasteiger charge is -2.27. The van der Waals surface area contributed by atoms with Gasteiger partial charge in [0.15, 0.2) is 5.69 Å². The van der Waals surface area contributed by atoms with Gasteiger partial charge in [0, 0.05) is 5.41 Å². The summed E-state index contributed by atoms with van der Waals surface area (Å²) >= 11 is 0. The van der Waals surface area contributed by atoms with Crippen LogP contribution in [-0.2, 0) is 9.47 Å². The van der Waals surface area contributed by atoms with Crippen molar-refractivity contribution in [3.63, 3.8) is 0 Å². The largest absolute Gasteiger partial charge is 0.461 e. The van der Waals surface area contributed by atoms with E-state index < -0.39 is 5.97 Å². The van der Waals surface area contributed by atoms with Crippen molar-refractivity contribution >= 4 is 17.3 Å². The minimum atomic E-state index is -0.447. The van der Waals surface area contributed by atoms with Crippen molar-refractivity contribution in [3.05, 3.63) is 18.0 Å². The van der Waals surface area contributed by atoms with Crippen LogP contribution in [0.4, 0.5) is 11.4 Å². The standard InChI is InChI=1S/C14H21N3O3/c1-4-20-13(18)11-5-10(9(15)6-16-11)17-12-7-19-8-14(12,2)3/h5-6,12H,4,7-8,15H2,1-3H3,(H,16,17)/t12-/m1/s1. The number of ether oxygens (including phenoxy) is 2. The fourth-order valence-corrected chi connectivity index (χ4v) is 2.10. The van der Waals surface area contributed by atoms with E-state index in [9.17, 15) is 4.79 Å². The van der Waals surface area contributed by atoms with Gasteiger partial charge in [-0.05, 0) is 13.0 Å². The normalized spacial score (nSPS) is 20.6. The van der Waals surface area contributed by atoms with Crippen LogP contribution in [0.1, 0.15) is 31.3 Å². The first-order valence-corrected chi connectivity index (χ1v) is 6.71. The summed E-state index contributed by atoms with van der Waals surface area (Å²) in [6.07, 6.45) is 1.47. The van der Waals surface area contributed by atoms with Gasteiger partial charge in [0.05, 0.1) is 43.4 Å². The molecule has 1 aromatic rings. The van der Waals surface area contributed by atoms with Crippen molar-refractivity contribution in [2.24, 2.45) is 5.41 Å². The summed E-state index contributed by atoms with van der Waals surface area (Å²) in [6.45, 7) is 7.64. The molecule has 110 valence electrons. The van der Waals surface area contributed by atoms with E-state index in [0.29, 0.717) is 31.2 Å². The van der Waals surface area contributed by atoms with Gasteiger partial charge in [0.1, 0.15) is 0 Å². The molecular weight excluding hydrogens is 258 g/mol. The number of nitrogen functional groups attached to an aromatic ring is 1. The number of nitrogens with zero attached hydrogens (tertiary/aromatic N) is 1. The van der Waals surface area contributed by atoms with Gasteiger partial charge in [0.25, 0.3) is 0 Å². The minimum absolute atomic E-state index is 0.0137. The lowest BCUT2D eigenvalue weighted by Crippen LogP contribution is -2.35. The Kier molecular flexibility index (Phi) is 4.13. The zero-order chi connectivity index (χ0) is 14.8. The molecule has 1 aliphatic heterocycles. The van der Waals surface area contributed by atoms with Gasteiger partial charge in [0.2, 0.25) is 0 Å². The molecule has 20 heavy (non-hydrogen) atoms. The van der Waals surface area contributed by atoms with Crippen molar-refractivity contribution in [2.75, 3.05) is 30.9 Å². The van der Waals surface area contributed by atoms with Gasteiger partial charge >= 0.3 is 5.97 Å². The summed E-state index contributed by atoms with van der Waals surface area (Å²) in [5.74, 6) is -0.447. The Labute approximate surface area is 118 Å². The number of pyridine rings is 1. The van der Waals surface area contributed by atoms with E-state index in [4.69, 9.17) is 15.2 Å². The van der Waals surface area contributed by atoms with Crippen LogP contribution in [0.25, 0.3) is 0 Å². The number of hydrogen-bond donors (Lipinski definition) is 2. The summed E-state index contributed by atoms with van der Waals surface area (Å²) in [6, 6.07) is 1.77. The molecule has 6 heteroatoms. The third-order valence-corrected chi connectivity index (χ3v) is 3.45. The molecule has 1 aromatic heterocycles. The molecule has 0 aliphatic carbocycles. The molecule has 0 unspecified atom stereocenters. The van der Waals surface area contributed by atoms with Crippen LogP contribution in [0.15, 0.2) is 12.3 Å². The zero-order valence-electron chi connectivity index (χ0n) is 12.1. The van der Waals surface area contributed by atoms with Gasteiger partial charge in [-0.2, -0.15) is 0 Å². The molecule has 3 N–H and O–H groups in total. The van der Waals surface area contributed by atoms with E-state index in [2.05, 4.69) is 24.1 Å². The quantitative estimate of drug-likeness (QED) is 0.815. The summed E-state index contributed by atoms with van der Waals surface area (Å²) < 4.78 is 10.4. The Bertz CT molecular complexity index is 502. The highest BCUT2D eigenvalue weighted by molar-refractivity contribution is 5.89. The third-order valence-electron chi connectivity index (χ3n) is 3.45. The van der Waals surface area contributed by atoms with Gasteiger partial charge in [-0.25, -0.2) is 9.78 Å². The number of nitrogens with two attached hydrogens (primary N) is 1. The highest BCUT2D eigenvalue weighted by Crippen LogP contribution is 2.31. The molecule has 0 aromatic carbocycles. The number of aromatic nitrogens is 1. The Hall–Kier alpha value is -1.82. The fraction of sp³-hybridized carbons (Fsp3) is 0.571. The van der Waals surface area contributed by atoms with Crippen molar-refractivity contribution in [3.8, 4) is 0 Å². The molecule has 1 aliphatic rings. The first-order chi connectivity index (χ1) is 9.44. The summed E-state index contributed by atoms with van der Waals surface area (Å²) in [5, 5.41) is 3.34. The monoisotopic (exact) mass is 279 g/mol. The Morgan fingerprint density at radius 2 is 2.40 bits per heavy atom. The molecule has 6 nitrogen and oxygen atoms in total. The maximum absolute atomic E-state index is 11.7. The highest BCUT2D eigenvalue weighted by atomic mass is 16.5. The number of nitrogens with one attached hydrogen (secondary N) is 1. The van der Waals surface area contributed by atoms with Crippen LogP contribution in [0.5, 0.6) is 0 Å². The Morgan fingerprint density at radius 3 is 3.00 bits per heavy atom. The lowest BCUT2D eigenvalue weighted by atomic mass is 9.88. The van der Waals surface area contributed by atoms with Crippen molar-refractivity contribution in [1.82, 2.24) is 4.98 Å². The van der Waals surface area contributed by atoms with E-state index >= 15 is 0 Å². The molecular formula is C14H21N3O3. The van der Waals surface area contributed by atoms with Crippen LogP contribution in [0.3, 0.4) is 0 Å². The van der Waals surface area contributed by atoms with E-state index in [1.165, 1.54) is 6.20 Å². The second-order valence-corrected chi connectivity index (χ2v) is 5.58. The van der Waals surface area contributed by atoms with Gasteiger partial charge < -0.3 is 20.5 Å². The molecule has 0 saturated carbocycles. The van der Waals surface area contributed by atoms with Crippen LogP contribution in [-0.4, -0.2) is 36.8 Å². The topological polar surface area (TPSA) is 86.5 Å². The predicted molar refractivity (Wildman–Crippen MR) is 76.6 cm³/mol.